The Morgan fingerprint density at radius 3 is 2.68 bits per heavy atom. The van der Waals surface area contributed by atoms with Crippen molar-refractivity contribution < 1.29 is 14.5 Å². The smallest absolute Gasteiger partial charge is 0.277 e. The number of piperidine rings is 1. The van der Waals surface area contributed by atoms with Crippen LogP contribution in [0.5, 0.6) is 0 Å². The van der Waals surface area contributed by atoms with Gasteiger partial charge in [-0.05, 0) is 38.0 Å². The predicted octanol–water partition coefficient (Wildman–Crippen LogP) is 3.51. The Balaban J connectivity index is 1.29. The Hall–Kier alpha value is -2.37. The van der Waals surface area contributed by atoms with Gasteiger partial charge in [0.25, 0.3) is 5.91 Å². The molecule has 1 atom stereocenters. The number of nitrogens with two attached hydrogens (primary N) is 1. The lowest BCUT2D eigenvalue weighted by Gasteiger charge is -2.30. The zero-order valence-corrected chi connectivity index (χ0v) is 16.7. The molecule has 1 aliphatic rings. The van der Waals surface area contributed by atoms with E-state index in [0.717, 1.165) is 53.5 Å². The first-order valence-electron chi connectivity index (χ1n) is 9.83. The molecule has 0 radical (unpaired) electrons. The minimum atomic E-state index is 0.148. The zero-order valence-electron chi connectivity index (χ0n) is 16.0. The highest BCUT2D eigenvalue weighted by molar-refractivity contribution is 6.31. The van der Waals surface area contributed by atoms with E-state index >= 15 is 0 Å². The molecule has 6 heteroatoms. The molecule has 1 saturated heterocycles. The van der Waals surface area contributed by atoms with Crippen LogP contribution in [0.1, 0.15) is 43.2 Å². The second-order valence-electron chi connectivity index (χ2n) is 7.42. The van der Waals surface area contributed by atoms with Gasteiger partial charge in [-0.3, -0.25) is 4.79 Å². The average Bonchev–Trinajstić information content (AvgIpc) is 3.16. The van der Waals surface area contributed by atoms with Crippen LogP contribution in [0.3, 0.4) is 0 Å². The quantitative estimate of drug-likeness (QED) is 0.715. The molecular formula is C22H25ClN3O2+. The molecule has 28 heavy (non-hydrogen) atoms. The van der Waals surface area contributed by atoms with Crippen LogP contribution in [-0.4, -0.2) is 35.4 Å². The molecule has 1 amide bonds. The number of aromatic nitrogens is 1. The molecule has 0 spiro atoms. The van der Waals surface area contributed by atoms with Crippen molar-refractivity contribution >= 4 is 28.6 Å². The molecule has 5 nitrogen and oxygen atoms in total. The molecule has 0 saturated carbocycles. The van der Waals surface area contributed by atoms with Crippen molar-refractivity contribution in [2.45, 2.75) is 31.7 Å². The molecule has 0 unspecified atom stereocenters. The van der Waals surface area contributed by atoms with Gasteiger partial charge in [0.15, 0.2) is 18.0 Å². The first-order valence-corrected chi connectivity index (χ1v) is 10.2. The molecule has 2 aromatic carbocycles. The molecule has 1 fully saturated rings. The number of carbonyl (C=O) groups excluding carboxylic acids is 1. The summed E-state index contributed by atoms with van der Waals surface area (Å²) in [7, 11) is 0. The average molecular weight is 399 g/mol. The number of amides is 1. The fraction of sp³-hybridized carbons (Fsp3) is 0.364. The van der Waals surface area contributed by atoms with Crippen molar-refractivity contribution in [2.24, 2.45) is 0 Å². The van der Waals surface area contributed by atoms with Gasteiger partial charge in [-0.15, -0.1) is 0 Å². The third kappa shape index (κ3) is 4.05. The Labute approximate surface area is 169 Å². The fourth-order valence-electron chi connectivity index (χ4n) is 3.82. The number of halogens is 1. The van der Waals surface area contributed by atoms with E-state index in [-0.39, 0.29) is 17.9 Å². The van der Waals surface area contributed by atoms with E-state index < -0.39 is 0 Å². The van der Waals surface area contributed by atoms with Crippen molar-refractivity contribution in [3.8, 4) is 0 Å². The van der Waals surface area contributed by atoms with E-state index in [0.29, 0.717) is 6.54 Å². The van der Waals surface area contributed by atoms with Gasteiger partial charge in [0.05, 0.1) is 0 Å². The lowest BCUT2D eigenvalue weighted by Crippen LogP contribution is -2.87. The first kappa shape index (κ1) is 19.0. The van der Waals surface area contributed by atoms with Crippen LogP contribution in [0.2, 0.25) is 5.02 Å². The van der Waals surface area contributed by atoms with Crippen molar-refractivity contribution in [1.29, 1.82) is 0 Å². The van der Waals surface area contributed by atoms with Gasteiger partial charge in [-0.25, -0.2) is 4.98 Å². The predicted molar refractivity (Wildman–Crippen MR) is 109 cm³/mol. The fourth-order valence-corrected chi connectivity index (χ4v) is 4.13. The SMILES string of the molecule is C[C@H]([NH2+]CC(=O)N1CCC(c2nc3ccccc3o2)CC1)c1ccccc1Cl. The summed E-state index contributed by atoms with van der Waals surface area (Å²) >= 11 is 6.26. The van der Waals surface area contributed by atoms with Crippen LogP contribution in [0, 0.1) is 0 Å². The van der Waals surface area contributed by atoms with Crippen LogP contribution < -0.4 is 5.32 Å². The van der Waals surface area contributed by atoms with Crippen LogP contribution in [-0.2, 0) is 4.79 Å². The molecule has 0 bridgehead atoms. The third-order valence-corrected chi connectivity index (χ3v) is 5.89. The number of fused-ring (bicyclic) bond motifs is 1. The standard InChI is InChI=1S/C22H24ClN3O2/c1-15(17-6-2-3-7-18(17)23)24-14-21(27)26-12-10-16(11-13-26)22-25-19-8-4-5-9-20(19)28-22/h2-9,15-16,24H,10-14H2,1H3/p+1/t15-/m0/s1. The van der Waals surface area contributed by atoms with E-state index in [1.807, 2.05) is 53.4 Å². The molecule has 0 aliphatic carbocycles. The number of rotatable bonds is 5. The highest BCUT2D eigenvalue weighted by atomic mass is 35.5. The lowest BCUT2D eigenvalue weighted by molar-refractivity contribution is -0.683. The van der Waals surface area contributed by atoms with Gasteiger partial charge in [-0.1, -0.05) is 41.9 Å². The Morgan fingerprint density at radius 2 is 1.93 bits per heavy atom. The number of carbonyl (C=O) groups is 1. The van der Waals surface area contributed by atoms with Gasteiger partial charge < -0.3 is 14.6 Å². The summed E-state index contributed by atoms with van der Waals surface area (Å²) in [6, 6.07) is 15.8. The Kier molecular flexibility index (Phi) is 5.64. The molecule has 1 aliphatic heterocycles. The van der Waals surface area contributed by atoms with E-state index in [9.17, 15) is 4.79 Å². The summed E-state index contributed by atoms with van der Waals surface area (Å²) < 4.78 is 5.91. The molecule has 146 valence electrons. The van der Waals surface area contributed by atoms with Gasteiger partial charge in [0.1, 0.15) is 11.6 Å². The second-order valence-corrected chi connectivity index (χ2v) is 7.83. The van der Waals surface area contributed by atoms with Gasteiger partial charge in [0.2, 0.25) is 0 Å². The van der Waals surface area contributed by atoms with E-state index in [2.05, 4.69) is 17.2 Å². The van der Waals surface area contributed by atoms with Gasteiger partial charge in [0, 0.05) is 29.6 Å². The molecule has 4 rings (SSSR count). The van der Waals surface area contributed by atoms with Crippen LogP contribution in [0.4, 0.5) is 0 Å². The lowest BCUT2D eigenvalue weighted by atomic mass is 9.96. The highest BCUT2D eigenvalue weighted by Crippen LogP contribution is 2.29. The van der Waals surface area contributed by atoms with Crippen molar-refractivity contribution in [1.82, 2.24) is 9.88 Å². The maximum atomic E-state index is 12.6. The largest absolute Gasteiger partial charge is 0.440 e. The minimum absolute atomic E-state index is 0.148. The van der Waals surface area contributed by atoms with Crippen molar-refractivity contribution in [3.05, 3.63) is 65.0 Å². The summed E-state index contributed by atoms with van der Waals surface area (Å²) in [5.74, 6) is 1.25. The third-order valence-electron chi connectivity index (χ3n) is 5.55. The van der Waals surface area contributed by atoms with Crippen molar-refractivity contribution in [3.63, 3.8) is 0 Å². The molecule has 2 N–H and O–H groups in total. The topological polar surface area (TPSA) is 63.0 Å². The number of oxazole rings is 1. The summed E-state index contributed by atoms with van der Waals surface area (Å²) in [6.45, 7) is 4.00. The molecule has 3 aromatic rings. The minimum Gasteiger partial charge on any atom is -0.440 e. The maximum absolute atomic E-state index is 12.6. The summed E-state index contributed by atoms with van der Waals surface area (Å²) in [4.78, 5) is 19.2. The first-order chi connectivity index (χ1) is 13.6. The number of quaternary nitrogens is 1. The van der Waals surface area contributed by atoms with Crippen LogP contribution in [0.15, 0.2) is 52.9 Å². The van der Waals surface area contributed by atoms with Crippen LogP contribution >= 0.6 is 11.6 Å². The normalized spacial score (nSPS) is 16.4. The summed E-state index contributed by atoms with van der Waals surface area (Å²) in [6.07, 6.45) is 1.78. The Morgan fingerprint density at radius 1 is 1.21 bits per heavy atom. The number of benzene rings is 2. The van der Waals surface area contributed by atoms with E-state index in [1.165, 1.54) is 0 Å². The number of likely N-dealkylation sites (tertiary alicyclic amines) is 1. The number of hydrogen-bond acceptors (Lipinski definition) is 3. The van der Waals surface area contributed by atoms with Crippen LogP contribution in [0.25, 0.3) is 11.1 Å². The highest BCUT2D eigenvalue weighted by Gasteiger charge is 2.28. The maximum Gasteiger partial charge on any atom is 0.277 e. The molecule has 2 heterocycles. The Bertz CT molecular complexity index is 930. The summed E-state index contributed by atoms with van der Waals surface area (Å²) in [5.41, 5.74) is 2.80. The summed E-state index contributed by atoms with van der Waals surface area (Å²) in [5, 5.41) is 2.80. The zero-order chi connectivity index (χ0) is 19.5. The van der Waals surface area contributed by atoms with Gasteiger partial charge in [-0.2, -0.15) is 0 Å². The van der Waals surface area contributed by atoms with Gasteiger partial charge >= 0.3 is 0 Å². The molecular weight excluding hydrogens is 374 g/mol. The second kappa shape index (κ2) is 8.33. The number of hydrogen-bond donors (Lipinski definition) is 1. The number of nitrogens with zero attached hydrogens (tertiary/aromatic N) is 2. The van der Waals surface area contributed by atoms with E-state index in [1.54, 1.807) is 0 Å². The molecule has 1 aromatic heterocycles. The number of para-hydroxylation sites is 2. The van der Waals surface area contributed by atoms with Crippen molar-refractivity contribution in [2.75, 3.05) is 19.6 Å². The monoisotopic (exact) mass is 398 g/mol. The van der Waals surface area contributed by atoms with E-state index in [4.69, 9.17) is 16.0 Å².